The van der Waals surface area contributed by atoms with E-state index in [0.717, 1.165) is 12.8 Å². The van der Waals surface area contributed by atoms with E-state index in [-0.39, 0.29) is 0 Å². The minimum atomic E-state index is 0.334. The van der Waals surface area contributed by atoms with Crippen LogP contribution in [0.25, 0.3) is 0 Å². The Kier molecular flexibility index (Phi) is 7.33. The molecule has 0 unspecified atom stereocenters. The van der Waals surface area contributed by atoms with E-state index in [9.17, 15) is 0 Å². The van der Waals surface area contributed by atoms with Gasteiger partial charge in [0.1, 0.15) is 0 Å². The zero-order valence-electron chi connectivity index (χ0n) is 7.60. The van der Waals surface area contributed by atoms with Crippen LogP contribution in [-0.2, 0) is 0 Å². The smallest absolute Gasteiger partial charge is 0.0851 e. The molecular weight excluding hydrogens is 136 g/mol. The topological polar surface area (TPSA) is 20.2 Å². The Labute approximate surface area is 70.1 Å². The summed E-state index contributed by atoms with van der Waals surface area (Å²) >= 11 is 0. The van der Waals surface area contributed by atoms with Crippen molar-refractivity contribution in [1.82, 2.24) is 0 Å². The molecule has 66 valence electrons. The third-order valence-corrected chi connectivity index (χ3v) is 1.82. The fraction of sp³-hybridized carbons (Fsp3) is 0.800. The maximum atomic E-state index is 8.76. The Morgan fingerprint density at radius 1 is 1.09 bits per heavy atom. The molecule has 0 saturated carbocycles. The third kappa shape index (κ3) is 9.54. The first-order valence-corrected chi connectivity index (χ1v) is 4.64. The second-order valence-electron chi connectivity index (χ2n) is 3.08. The molecule has 0 aliphatic rings. The second kappa shape index (κ2) is 7.64. The molecule has 0 bridgehead atoms. The molecule has 0 rings (SSSR count). The summed E-state index contributed by atoms with van der Waals surface area (Å²) < 4.78 is 0. The van der Waals surface area contributed by atoms with Gasteiger partial charge in [-0.2, -0.15) is 0 Å². The number of unbranched alkanes of at least 4 members (excludes halogenated alkanes) is 5. The van der Waals surface area contributed by atoms with Crippen molar-refractivity contribution in [2.45, 2.75) is 51.9 Å². The largest absolute Gasteiger partial charge is 0.513 e. The lowest BCUT2D eigenvalue weighted by atomic mass is 10.1. The fourth-order valence-corrected chi connectivity index (χ4v) is 1.11. The number of aliphatic hydroxyl groups excluding tert-OH is 1. The number of allylic oxidation sites excluding steroid dienone is 1. The third-order valence-electron chi connectivity index (χ3n) is 1.82. The van der Waals surface area contributed by atoms with Crippen LogP contribution in [0.4, 0.5) is 0 Å². The van der Waals surface area contributed by atoms with Crippen LogP contribution in [0.15, 0.2) is 12.3 Å². The maximum Gasteiger partial charge on any atom is 0.0851 e. The summed E-state index contributed by atoms with van der Waals surface area (Å²) in [5.74, 6) is 0.334. The summed E-state index contributed by atoms with van der Waals surface area (Å²) in [5, 5.41) is 8.76. The summed E-state index contributed by atoms with van der Waals surface area (Å²) in [6.45, 7) is 5.66. The first-order chi connectivity index (χ1) is 5.27. The lowest BCUT2D eigenvalue weighted by Crippen LogP contribution is -1.81. The van der Waals surface area contributed by atoms with E-state index in [1.165, 1.54) is 32.1 Å². The summed E-state index contributed by atoms with van der Waals surface area (Å²) in [4.78, 5) is 0. The van der Waals surface area contributed by atoms with Gasteiger partial charge in [0.25, 0.3) is 0 Å². The highest BCUT2D eigenvalue weighted by atomic mass is 16.3. The van der Waals surface area contributed by atoms with E-state index in [2.05, 4.69) is 13.5 Å². The molecule has 0 amide bonds. The van der Waals surface area contributed by atoms with E-state index in [1.807, 2.05) is 0 Å². The van der Waals surface area contributed by atoms with Crippen LogP contribution in [0.3, 0.4) is 0 Å². The van der Waals surface area contributed by atoms with Crippen LogP contribution in [0.5, 0.6) is 0 Å². The Morgan fingerprint density at radius 2 is 1.64 bits per heavy atom. The minimum Gasteiger partial charge on any atom is -0.513 e. The van der Waals surface area contributed by atoms with Crippen molar-refractivity contribution in [2.24, 2.45) is 0 Å². The normalized spacial score (nSPS) is 9.91. The van der Waals surface area contributed by atoms with Crippen molar-refractivity contribution in [3.8, 4) is 0 Å². The predicted molar refractivity (Wildman–Crippen MR) is 49.8 cm³/mol. The summed E-state index contributed by atoms with van der Waals surface area (Å²) in [7, 11) is 0. The predicted octanol–water partition coefficient (Wildman–Crippen LogP) is 3.81. The van der Waals surface area contributed by atoms with Gasteiger partial charge >= 0.3 is 0 Å². The van der Waals surface area contributed by atoms with E-state index < -0.39 is 0 Å². The van der Waals surface area contributed by atoms with Crippen molar-refractivity contribution in [3.63, 3.8) is 0 Å². The van der Waals surface area contributed by atoms with Gasteiger partial charge in [0.15, 0.2) is 0 Å². The monoisotopic (exact) mass is 156 g/mol. The molecule has 0 aromatic rings. The molecule has 0 aromatic heterocycles. The standard InChI is InChI=1S/C10H20O/c1-3-4-5-6-7-8-9-10(2)11/h11H,2-9H2,1H3. The highest BCUT2D eigenvalue weighted by Crippen LogP contribution is 2.08. The van der Waals surface area contributed by atoms with Crippen molar-refractivity contribution >= 4 is 0 Å². The Bertz CT molecular complexity index is 97.0. The molecular formula is C10H20O. The second-order valence-corrected chi connectivity index (χ2v) is 3.08. The Morgan fingerprint density at radius 3 is 2.18 bits per heavy atom. The zero-order chi connectivity index (χ0) is 8.53. The number of hydrogen-bond donors (Lipinski definition) is 1. The van der Waals surface area contributed by atoms with E-state index in [0.29, 0.717) is 5.76 Å². The van der Waals surface area contributed by atoms with Crippen molar-refractivity contribution in [1.29, 1.82) is 0 Å². The summed E-state index contributed by atoms with van der Waals surface area (Å²) in [6.07, 6.45) is 8.41. The number of rotatable bonds is 7. The quantitative estimate of drug-likeness (QED) is 0.439. The van der Waals surface area contributed by atoms with Gasteiger partial charge in [0, 0.05) is 6.42 Å². The number of aliphatic hydroxyl groups is 1. The minimum absolute atomic E-state index is 0.334. The first-order valence-electron chi connectivity index (χ1n) is 4.64. The summed E-state index contributed by atoms with van der Waals surface area (Å²) in [6, 6.07) is 0. The molecule has 0 heterocycles. The van der Waals surface area contributed by atoms with Gasteiger partial charge in [-0.3, -0.25) is 0 Å². The first kappa shape index (κ1) is 10.5. The molecule has 0 spiro atoms. The van der Waals surface area contributed by atoms with Crippen molar-refractivity contribution in [3.05, 3.63) is 12.3 Å². The molecule has 0 fully saturated rings. The summed E-state index contributed by atoms with van der Waals surface area (Å²) in [5.41, 5.74) is 0. The van der Waals surface area contributed by atoms with Crippen LogP contribution in [0.1, 0.15) is 51.9 Å². The zero-order valence-corrected chi connectivity index (χ0v) is 7.60. The van der Waals surface area contributed by atoms with Gasteiger partial charge in [-0.1, -0.05) is 45.6 Å². The molecule has 0 aliphatic carbocycles. The fourth-order valence-electron chi connectivity index (χ4n) is 1.11. The lowest BCUT2D eigenvalue weighted by molar-refractivity contribution is 0.383. The molecule has 0 aromatic carbocycles. The van der Waals surface area contributed by atoms with Gasteiger partial charge in [-0.05, 0) is 6.42 Å². The molecule has 1 heteroatoms. The SMILES string of the molecule is C=C(O)CCCCCCCC. The van der Waals surface area contributed by atoms with Crippen molar-refractivity contribution < 1.29 is 5.11 Å². The average molecular weight is 156 g/mol. The van der Waals surface area contributed by atoms with Crippen molar-refractivity contribution in [2.75, 3.05) is 0 Å². The van der Waals surface area contributed by atoms with Gasteiger partial charge in [-0.25, -0.2) is 0 Å². The average Bonchev–Trinajstić information content (AvgIpc) is 1.96. The van der Waals surface area contributed by atoms with Gasteiger partial charge in [-0.15, -0.1) is 0 Å². The molecule has 0 aliphatic heterocycles. The van der Waals surface area contributed by atoms with E-state index in [4.69, 9.17) is 5.11 Å². The van der Waals surface area contributed by atoms with Gasteiger partial charge in [0.2, 0.25) is 0 Å². The maximum absolute atomic E-state index is 8.76. The molecule has 11 heavy (non-hydrogen) atoms. The van der Waals surface area contributed by atoms with E-state index >= 15 is 0 Å². The van der Waals surface area contributed by atoms with Crippen LogP contribution in [0, 0.1) is 0 Å². The Hall–Kier alpha value is -0.460. The molecule has 1 N–H and O–H groups in total. The van der Waals surface area contributed by atoms with E-state index in [1.54, 1.807) is 0 Å². The highest BCUT2D eigenvalue weighted by Gasteiger charge is 1.91. The molecule has 1 nitrogen and oxygen atoms in total. The highest BCUT2D eigenvalue weighted by molar-refractivity contribution is 4.77. The lowest BCUT2D eigenvalue weighted by Gasteiger charge is -1.98. The van der Waals surface area contributed by atoms with Crippen LogP contribution in [-0.4, -0.2) is 5.11 Å². The van der Waals surface area contributed by atoms with Crippen LogP contribution < -0.4 is 0 Å². The van der Waals surface area contributed by atoms with Gasteiger partial charge < -0.3 is 5.11 Å². The molecule has 0 radical (unpaired) electrons. The van der Waals surface area contributed by atoms with Gasteiger partial charge in [0.05, 0.1) is 5.76 Å². The number of hydrogen-bond acceptors (Lipinski definition) is 1. The molecule has 0 atom stereocenters. The molecule has 0 saturated heterocycles. The van der Waals surface area contributed by atoms with Crippen LogP contribution in [0.2, 0.25) is 0 Å². The van der Waals surface area contributed by atoms with Crippen LogP contribution >= 0.6 is 0 Å². The Balaban J connectivity index is 2.85.